The number of nitrogens with one attached hydrogen (secondary N) is 1. The van der Waals surface area contributed by atoms with Crippen molar-refractivity contribution in [3.05, 3.63) is 0 Å². The number of amides is 2. The molecule has 0 unspecified atom stereocenters. The predicted octanol–water partition coefficient (Wildman–Crippen LogP) is -2.43. The van der Waals surface area contributed by atoms with E-state index in [0.29, 0.717) is 25.7 Å². The van der Waals surface area contributed by atoms with Crippen molar-refractivity contribution in [1.29, 1.82) is 0 Å². The van der Waals surface area contributed by atoms with Crippen LogP contribution in [0.5, 0.6) is 0 Å². The monoisotopic (exact) mass is 380 g/mol. The quantitative estimate of drug-likeness (QED) is 0.212. The molecule has 1 heterocycles. The molecule has 0 aromatic heterocycles. The molecule has 0 radical (unpaired) electrons. The predicted molar refractivity (Wildman–Crippen MR) is 86.7 cm³/mol. The summed E-state index contributed by atoms with van der Waals surface area (Å²) in [5.41, 5.74) is 4.82. The first-order valence-corrected chi connectivity index (χ1v) is 8.48. The van der Waals surface area contributed by atoms with Gasteiger partial charge in [-0.2, -0.15) is 0 Å². The van der Waals surface area contributed by atoms with Crippen molar-refractivity contribution in [1.82, 2.24) is 5.32 Å². The third-order valence-electron chi connectivity index (χ3n) is 3.85. The summed E-state index contributed by atoms with van der Waals surface area (Å²) < 4.78 is 15.0. The van der Waals surface area contributed by atoms with E-state index < -0.39 is 43.4 Å². The highest BCUT2D eigenvalue weighted by Gasteiger charge is 2.43. The Morgan fingerprint density at radius 2 is 1.77 bits per heavy atom. The van der Waals surface area contributed by atoms with Crippen molar-refractivity contribution >= 4 is 12.0 Å². The molecule has 0 aromatic carbocycles. The van der Waals surface area contributed by atoms with E-state index >= 15 is 0 Å². The Kier molecular flexibility index (Phi) is 10.4. The van der Waals surface area contributed by atoms with Crippen LogP contribution in [0.4, 0.5) is 4.79 Å². The van der Waals surface area contributed by atoms with Crippen molar-refractivity contribution in [3.8, 4) is 0 Å². The van der Waals surface area contributed by atoms with Crippen LogP contribution in [0.3, 0.4) is 0 Å². The molecule has 152 valence electrons. The fourth-order valence-corrected chi connectivity index (χ4v) is 2.40. The molecular formula is C15H28N2O9. The minimum absolute atomic E-state index is 0.0148. The number of hydrogen-bond donors (Lipinski definition) is 6. The van der Waals surface area contributed by atoms with E-state index in [2.05, 4.69) is 10.1 Å². The van der Waals surface area contributed by atoms with Crippen LogP contribution in [0.15, 0.2) is 0 Å². The van der Waals surface area contributed by atoms with Gasteiger partial charge < -0.3 is 45.7 Å². The highest BCUT2D eigenvalue weighted by molar-refractivity contribution is 5.75. The molecule has 2 amide bonds. The van der Waals surface area contributed by atoms with Crippen molar-refractivity contribution in [2.45, 2.75) is 56.4 Å². The summed E-state index contributed by atoms with van der Waals surface area (Å²) in [6, 6.07) is 0. The van der Waals surface area contributed by atoms with Crippen molar-refractivity contribution in [2.75, 3.05) is 26.4 Å². The van der Waals surface area contributed by atoms with Crippen LogP contribution >= 0.6 is 0 Å². The number of nitrogens with two attached hydrogens (primary N) is 1. The zero-order chi connectivity index (χ0) is 19.5. The van der Waals surface area contributed by atoms with Crippen LogP contribution in [0, 0.1) is 0 Å². The summed E-state index contributed by atoms with van der Waals surface area (Å²) in [4.78, 5) is 22.0. The van der Waals surface area contributed by atoms with Crippen molar-refractivity contribution in [2.24, 2.45) is 5.73 Å². The molecule has 0 aliphatic carbocycles. The van der Waals surface area contributed by atoms with E-state index in [4.69, 9.17) is 20.3 Å². The molecule has 0 bridgehead atoms. The summed E-state index contributed by atoms with van der Waals surface area (Å²) >= 11 is 0. The highest BCUT2D eigenvalue weighted by Crippen LogP contribution is 2.21. The Hall–Kier alpha value is -1.50. The van der Waals surface area contributed by atoms with E-state index in [0.717, 1.165) is 0 Å². The number of carbonyl (C=O) groups excluding carboxylic acids is 2. The first-order chi connectivity index (χ1) is 12.4. The second-order valence-electron chi connectivity index (χ2n) is 5.90. The lowest BCUT2D eigenvalue weighted by Gasteiger charge is -2.39. The zero-order valence-corrected chi connectivity index (χ0v) is 14.5. The summed E-state index contributed by atoms with van der Waals surface area (Å²) in [6.07, 6.45) is -5.22. The number of aliphatic hydroxyl groups is 4. The first kappa shape index (κ1) is 22.5. The standard InChI is InChI=1S/C15H28N2O9/c16-15(23)25-6-3-1-2-4-10(19)17-5-7-24-14-13(22)12(21)11(20)9(8-18)26-14/h9,11-14,18,20-22H,1-8H2,(H2,16,23)(H,17,19)/t9-,11-,12+,13+,14+/m1/s1. The molecule has 11 heteroatoms. The highest BCUT2D eigenvalue weighted by atomic mass is 16.7. The van der Waals surface area contributed by atoms with E-state index in [1.54, 1.807) is 0 Å². The van der Waals surface area contributed by atoms with Crippen LogP contribution in [-0.2, 0) is 19.0 Å². The normalized spacial score (nSPS) is 28.5. The van der Waals surface area contributed by atoms with Crippen LogP contribution in [0.2, 0.25) is 0 Å². The van der Waals surface area contributed by atoms with E-state index in [-0.39, 0.29) is 25.7 Å². The molecule has 1 saturated heterocycles. The molecule has 7 N–H and O–H groups in total. The van der Waals surface area contributed by atoms with Gasteiger partial charge in [-0.05, 0) is 19.3 Å². The molecule has 26 heavy (non-hydrogen) atoms. The molecule has 0 spiro atoms. The lowest BCUT2D eigenvalue weighted by molar-refractivity contribution is -0.300. The minimum atomic E-state index is -1.50. The number of unbranched alkanes of at least 4 members (excludes halogenated alkanes) is 2. The van der Waals surface area contributed by atoms with Gasteiger partial charge in [0.2, 0.25) is 5.91 Å². The number of hydrogen-bond acceptors (Lipinski definition) is 9. The van der Waals surface area contributed by atoms with Crippen LogP contribution < -0.4 is 11.1 Å². The van der Waals surface area contributed by atoms with Gasteiger partial charge >= 0.3 is 6.09 Å². The van der Waals surface area contributed by atoms with E-state index in [9.17, 15) is 24.9 Å². The third kappa shape index (κ3) is 7.81. The Bertz CT molecular complexity index is 435. The fraction of sp³-hybridized carbons (Fsp3) is 0.867. The van der Waals surface area contributed by atoms with Gasteiger partial charge in [-0.3, -0.25) is 4.79 Å². The number of ether oxygens (including phenoxy) is 3. The Morgan fingerprint density at radius 3 is 2.42 bits per heavy atom. The topological polar surface area (TPSA) is 181 Å². The smallest absolute Gasteiger partial charge is 0.404 e. The van der Waals surface area contributed by atoms with Crippen LogP contribution in [0.1, 0.15) is 25.7 Å². The number of rotatable bonds is 11. The van der Waals surface area contributed by atoms with Gasteiger partial charge in [-0.25, -0.2) is 4.79 Å². The SMILES string of the molecule is NC(=O)OCCCCCC(=O)NCCO[C@H]1O[C@H](CO)[C@@H](O)[C@H](O)[C@@H]1O. The summed E-state index contributed by atoms with van der Waals surface area (Å²) in [5.74, 6) is -0.182. The second-order valence-corrected chi connectivity index (χ2v) is 5.90. The molecule has 0 saturated carbocycles. The van der Waals surface area contributed by atoms with Crippen molar-refractivity contribution < 1.29 is 44.2 Å². The lowest BCUT2D eigenvalue weighted by Crippen LogP contribution is -2.59. The average Bonchev–Trinajstić information content (AvgIpc) is 2.61. The van der Waals surface area contributed by atoms with Crippen LogP contribution in [0.25, 0.3) is 0 Å². The maximum atomic E-state index is 11.6. The fourth-order valence-electron chi connectivity index (χ4n) is 2.40. The Balaban J connectivity index is 2.11. The molecule has 1 fully saturated rings. The summed E-state index contributed by atoms with van der Waals surface area (Å²) in [7, 11) is 0. The van der Waals surface area contributed by atoms with Gasteiger partial charge in [0, 0.05) is 13.0 Å². The van der Waals surface area contributed by atoms with Gasteiger partial charge in [-0.15, -0.1) is 0 Å². The lowest BCUT2D eigenvalue weighted by atomic mass is 9.99. The second kappa shape index (κ2) is 12.0. The van der Waals surface area contributed by atoms with Crippen LogP contribution in [-0.4, -0.2) is 89.5 Å². The molecule has 1 rings (SSSR count). The maximum absolute atomic E-state index is 11.6. The average molecular weight is 380 g/mol. The molecular weight excluding hydrogens is 352 g/mol. The van der Waals surface area contributed by atoms with Gasteiger partial charge in [0.15, 0.2) is 6.29 Å². The van der Waals surface area contributed by atoms with E-state index in [1.807, 2.05) is 0 Å². The first-order valence-electron chi connectivity index (χ1n) is 8.48. The minimum Gasteiger partial charge on any atom is -0.450 e. The molecule has 1 aliphatic heterocycles. The zero-order valence-electron chi connectivity index (χ0n) is 14.5. The largest absolute Gasteiger partial charge is 0.450 e. The number of aliphatic hydroxyl groups excluding tert-OH is 4. The number of primary amides is 1. The molecule has 0 aromatic rings. The Labute approximate surface area is 151 Å². The molecule has 11 nitrogen and oxygen atoms in total. The third-order valence-corrected chi connectivity index (χ3v) is 3.85. The van der Waals surface area contributed by atoms with Gasteiger partial charge in [0.1, 0.15) is 24.4 Å². The molecule has 5 atom stereocenters. The molecule has 1 aliphatic rings. The Morgan fingerprint density at radius 1 is 1.04 bits per heavy atom. The number of carbonyl (C=O) groups is 2. The van der Waals surface area contributed by atoms with Gasteiger partial charge in [-0.1, -0.05) is 0 Å². The van der Waals surface area contributed by atoms with Crippen molar-refractivity contribution in [3.63, 3.8) is 0 Å². The van der Waals surface area contributed by atoms with Gasteiger partial charge in [0.05, 0.1) is 19.8 Å². The summed E-state index contributed by atoms with van der Waals surface area (Å²) in [5, 5.41) is 40.7. The summed E-state index contributed by atoms with van der Waals surface area (Å²) in [6.45, 7) is -0.130. The van der Waals surface area contributed by atoms with E-state index in [1.165, 1.54) is 0 Å². The maximum Gasteiger partial charge on any atom is 0.404 e. The van der Waals surface area contributed by atoms with Gasteiger partial charge in [0.25, 0.3) is 0 Å².